The zero-order chi connectivity index (χ0) is 6.69. The van der Waals surface area contributed by atoms with Crippen LogP contribution in [0.25, 0.3) is 0 Å². The minimum atomic E-state index is 1.15. The lowest BCUT2D eigenvalue weighted by atomic mass is 10.5. The molecule has 0 amide bonds. The lowest BCUT2D eigenvalue weighted by Crippen LogP contribution is -1.71. The van der Waals surface area contributed by atoms with Gasteiger partial charge in [-0.25, -0.2) is 0 Å². The summed E-state index contributed by atoms with van der Waals surface area (Å²) in [4.78, 5) is 0. The van der Waals surface area contributed by atoms with Crippen molar-refractivity contribution in [1.29, 1.82) is 0 Å². The molecule has 0 atom stereocenters. The number of hydrogen-bond donors (Lipinski definition) is 0. The van der Waals surface area contributed by atoms with Gasteiger partial charge in [0.2, 0.25) is 12.3 Å². The fraction of sp³-hybridized carbons (Fsp3) is 0.375. The Bertz CT molecular complexity index is 185. The van der Waals surface area contributed by atoms with E-state index in [0.717, 1.165) is 6.54 Å². The molecule has 0 saturated heterocycles. The van der Waals surface area contributed by atoms with Gasteiger partial charge in [0.05, 0.1) is 0 Å². The quantitative estimate of drug-likeness (QED) is 0.386. The normalized spacial score (nSPS) is 18.4. The lowest BCUT2D eigenvalue weighted by Gasteiger charge is -1.65. The molecule has 0 spiro atoms. The predicted molar refractivity (Wildman–Crippen MR) is 39.8 cm³/mol. The molecule has 0 aliphatic carbocycles. The zero-order valence-corrected chi connectivity index (χ0v) is 5.96. The minimum absolute atomic E-state index is 1.15. The Morgan fingerprint density at radius 3 is 2.56 bits per heavy atom. The molecule has 0 aromatic rings. The Hall–Kier alpha value is -0.850. The van der Waals surface area contributed by atoms with Crippen LogP contribution >= 0.6 is 0 Å². The Kier molecular flexibility index (Phi) is 1.83. The summed E-state index contributed by atoms with van der Waals surface area (Å²) < 4.78 is 2.21. The van der Waals surface area contributed by atoms with Gasteiger partial charge in [0.15, 0.2) is 6.20 Å². The molecule has 1 aliphatic rings. The van der Waals surface area contributed by atoms with Gasteiger partial charge < -0.3 is 0 Å². The van der Waals surface area contributed by atoms with Crippen LogP contribution in [0.1, 0.15) is 13.8 Å². The molecule has 1 heteroatoms. The molecule has 0 saturated carbocycles. The molecule has 0 aromatic carbocycles. The molecule has 0 fully saturated rings. The van der Waals surface area contributed by atoms with E-state index >= 15 is 0 Å². The summed E-state index contributed by atoms with van der Waals surface area (Å²) >= 11 is 0. The van der Waals surface area contributed by atoms with E-state index in [1.165, 1.54) is 5.71 Å². The maximum absolute atomic E-state index is 2.21. The second-order valence-electron chi connectivity index (χ2n) is 2.23. The number of rotatable bonds is 2. The van der Waals surface area contributed by atoms with Gasteiger partial charge in [-0.05, 0) is 6.92 Å². The molecule has 0 aromatic heterocycles. The minimum Gasteiger partial charge on any atom is -0.190 e. The molecule has 0 radical (unpaired) electrons. The average Bonchev–Trinajstić information content (AvgIpc) is 2.48. The first-order valence-electron chi connectivity index (χ1n) is 3.23. The average molecular weight is 122 g/mol. The summed E-state index contributed by atoms with van der Waals surface area (Å²) in [6.45, 7) is 5.30. The van der Waals surface area contributed by atoms with Crippen molar-refractivity contribution in [3.8, 4) is 0 Å². The highest BCUT2D eigenvalue weighted by Crippen LogP contribution is 1.97. The first-order chi connectivity index (χ1) is 4.34. The molecule has 1 nitrogen and oxygen atoms in total. The molecule has 1 heterocycles. The van der Waals surface area contributed by atoms with Gasteiger partial charge >= 0.3 is 0 Å². The monoisotopic (exact) mass is 122 g/mol. The molecule has 1 rings (SSSR count). The fourth-order valence-corrected chi connectivity index (χ4v) is 0.656. The van der Waals surface area contributed by atoms with Crippen molar-refractivity contribution in [3.63, 3.8) is 0 Å². The van der Waals surface area contributed by atoms with Crippen molar-refractivity contribution in [2.24, 2.45) is 0 Å². The van der Waals surface area contributed by atoms with Gasteiger partial charge in [0.25, 0.3) is 0 Å². The summed E-state index contributed by atoms with van der Waals surface area (Å²) in [6.07, 6.45) is 8.20. The topological polar surface area (TPSA) is 3.01 Å². The van der Waals surface area contributed by atoms with Gasteiger partial charge in [-0.2, -0.15) is 4.58 Å². The molecule has 0 N–H and O–H groups in total. The summed E-state index contributed by atoms with van der Waals surface area (Å²) in [5.41, 5.74) is 1.45. The first kappa shape index (κ1) is 6.27. The molecule has 9 heavy (non-hydrogen) atoms. The SMILES string of the molecule is CC=CC=C[N+]1=C(C)C1. The van der Waals surface area contributed by atoms with Crippen LogP contribution in [0.5, 0.6) is 0 Å². The Morgan fingerprint density at radius 1 is 1.44 bits per heavy atom. The third kappa shape index (κ3) is 1.84. The van der Waals surface area contributed by atoms with E-state index in [1.54, 1.807) is 0 Å². The number of nitrogens with zero attached hydrogens (tertiary/aromatic N) is 1. The van der Waals surface area contributed by atoms with Crippen LogP contribution in [0.2, 0.25) is 0 Å². The summed E-state index contributed by atoms with van der Waals surface area (Å²) in [5, 5.41) is 0. The van der Waals surface area contributed by atoms with Gasteiger partial charge in [0.1, 0.15) is 0 Å². The third-order valence-electron chi connectivity index (χ3n) is 1.36. The van der Waals surface area contributed by atoms with Crippen molar-refractivity contribution in [2.45, 2.75) is 13.8 Å². The van der Waals surface area contributed by atoms with Crippen LogP contribution in [0.4, 0.5) is 0 Å². The van der Waals surface area contributed by atoms with E-state index < -0.39 is 0 Å². The van der Waals surface area contributed by atoms with Crippen LogP contribution in [-0.2, 0) is 0 Å². The van der Waals surface area contributed by atoms with E-state index in [9.17, 15) is 0 Å². The fourth-order valence-electron chi connectivity index (χ4n) is 0.656. The molecule has 48 valence electrons. The van der Waals surface area contributed by atoms with Crippen LogP contribution in [0.3, 0.4) is 0 Å². The maximum atomic E-state index is 2.21. The van der Waals surface area contributed by atoms with E-state index in [-0.39, 0.29) is 0 Å². The van der Waals surface area contributed by atoms with Crippen molar-refractivity contribution in [3.05, 3.63) is 24.4 Å². The third-order valence-corrected chi connectivity index (χ3v) is 1.36. The number of hydrogen-bond acceptors (Lipinski definition) is 0. The smallest absolute Gasteiger partial charge is 0.190 e. The maximum Gasteiger partial charge on any atom is 0.227 e. The largest absolute Gasteiger partial charge is 0.227 e. The second kappa shape index (κ2) is 2.62. The van der Waals surface area contributed by atoms with Gasteiger partial charge in [-0.3, -0.25) is 0 Å². The summed E-state index contributed by atoms with van der Waals surface area (Å²) in [7, 11) is 0. The zero-order valence-electron chi connectivity index (χ0n) is 5.96. The van der Waals surface area contributed by atoms with Crippen LogP contribution < -0.4 is 0 Å². The second-order valence-corrected chi connectivity index (χ2v) is 2.23. The highest BCUT2D eigenvalue weighted by atomic mass is 15.1. The summed E-state index contributed by atoms with van der Waals surface area (Å²) in [6, 6.07) is 0. The molecule has 1 aliphatic heterocycles. The van der Waals surface area contributed by atoms with Gasteiger partial charge in [-0.15, -0.1) is 0 Å². The van der Waals surface area contributed by atoms with Crippen LogP contribution in [0, 0.1) is 0 Å². The van der Waals surface area contributed by atoms with Crippen molar-refractivity contribution < 1.29 is 4.58 Å². The lowest BCUT2D eigenvalue weighted by molar-refractivity contribution is -0.360. The molecular formula is C8H12N+. The molecule has 0 bridgehead atoms. The van der Waals surface area contributed by atoms with Crippen LogP contribution in [0.15, 0.2) is 24.4 Å². The van der Waals surface area contributed by atoms with Crippen LogP contribution in [-0.4, -0.2) is 16.8 Å². The predicted octanol–water partition coefficient (Wildman–Crippen LogP) is 1.56. The first-order valence-corrected chi connectivity index (χ1v) is 3.23. The van der Waals surface area contributed by atoms with Crippen molar-refractivity contribution >= 4 is 5.71 Å². The Morgan fingerprint density at radius 2 is 2.11 bits per heavy atom. The highest BCUT2D eigenvalue weighted by molar-refractivity contribution is 5.85. The van der Waals surface area contributed by atoms with Crippen molar-refractivity contribution in [1.82, 2.24) is 0 Å². The van der Waals surface area contributed by atoms with E-state index in [0.29, 0.717) is 0 Å². The van der Waals surface area contributed by atoms with E-state index in [1.807, 2.05) is 19.1 Å². The molecule has 0 unspecified atom stereocenters. The Balaban J connectivity index is 2.34. The van der Waals surface area contributed by atoms with E-state index in [2.05, 4.69) is 23.8 Å². The number of allylic oxidation sites excluding steroid dienone is 3. The standard InChI is InChI=1S/C8H12N/c1-3-4-5-6-9-7-8(9)2/h3-6H,7H2,1-2H3/q+1. The van der Waals surface area contributed by atoms with E-state index in [4.69, 9.17) is 0 Å². The Labute approximate surface area is 56.0 Å². The van der Waals surface area contributed by atoms with Gasteiger partial charge in [-0.1, -0.05) is 12.2 Å². The molecular weight excluding hydrogens is 110 g/mol. The van der Waals surface area contributed by atoms with Gasteiger partial charge in [0, 0.05) is 13.0 Å². The summed E-state index contributed by atoms with van der Waals surface area (Å²) in [5.74, 6) is 0. The highest BCUT2D eigenvalue weighted by Gasteiger charge is 2.24. The van der Waals surface area contributed by atoms with Crippen molar-refractivity contribution in [2.75, 3.05) is 6.54 Å².